The van der Waals surface area contributed by atoms with Crippen molar-refractivity contribution >= 4 is 5.84 Å². The molecule has 5 heteroatoms. The molecule has 1 saturated carbocycles. The highest BCUT2D eigenvalue weighted by Crippen LogP contribution is 2.24. The predicted octanol–water partition coefficient (Wildman–Crippen LogP) is 0.0904. The van der Waals surface area contributed by atoms with Gasteiger partial charge in [0.15, 0.2) is 5.84 Å². The SMILES string of the molecule is Cc1cn[nH]c1C(=NC1CC1)NN. The molecule has 0 bridgehead atoms. The molecular weight excluding hydrogens is 166 g/mol. The van der Waals surface area contributed by atoms with Gasteiger partial charge in [-0.1, -0.05) is 0 Å². The second-order valence-electron chi connectivity index (χ2n) is 3.28. The Morgan fingerprint density at radius 2 is 2.54 bits per heavy atom. The Hall–Kier alpha value is -1.36. The van der Waals surface area contributed by atoms with Crippen molar-refractivity contribution in [3.8, 4) is 0 Å². The topological polar surface area (TPSA) is 79.1 Å². The van der Waals surface area contributed by atoms with Gasteiger partial charge in [-0.25, -0.2) is 5.84 Å². The molecule has 0 spiro atoms. The third-order valence-corrected chi connectivity index (χ3v) is 2.06. The lowest BCUT2D eigenvalue weighted by Crippen LogP contribution is -2.32. The van der Waals surface area contributed by atoms with Crippen molar-refractivity contribution in [3.63, 3.8) is 0 Å². The Kier molecular flexibility index (Phi) is 2.02. The van der Waals surface area contributed by atoms with Gasteiger partial charge in [0.1, 0.15) is 5.69 Å². The van der Waals surface area contributed by atoms with Crippen molar-refractivity contribution in [1.29, 1.82) is 0 Å². The summed E-state index contributed by atoms with van der Waals surface area (Å²) in [6.07, 6.45) is 4.09. The van der Waals surface area contributed by atoms with E-state index < -0.39 is 0 Å². The smallest absolute Gasteiger partial charge is 0.161 e. The molecule has 0 aliphatic heterocycles. The van der Waals surface area contributed by atoms with E-state index in [1.807, 2.05) is 6.92 Å². The van der Waals surface area contributed by atoms with Gasteiger partial charge < -0.3 is 5.43 Å². The standard InChI is InChI=1S/C8H13N5/c1-5-4-10-13-7(5)8(12-9)11-6-2-3-6/h4,6H,2-3,9H2,1H3,(H,10,13)(H,11,12). The molecule has 0 saturated heterocycles. The van der Waals surface area contributed by atoms with Crippen LogP contribution in [0.25, 0.3) is 0 Å². The van der Waals surface area contributed by atoms with Gasteiger partial charge in [0.05, 0.1) is 12.2 Å². The van der Waals surface area contributed by atoms with E-state index in [9.17, 15) is 0 Å². The third-order valence-electron chi connectivity index (χ3n) is 2.06. The first-order chi connectivity index (χ1) is 6.31. The van der Waals surface area contributed by atoms with Crippen molar-refractivity contribution in [2.24, 2.45) is 10.8 Å². The Morgan fingerprint density at radius 1 is 1.77 bits per heavy atom. The first-order valence-electron chi connectivity index (χ1n) is 4.36. The van der Waals surface area contributed by atoms with E-state index in [1.54, 1.807) is 6.20 Å². The molecule has 1 fully saturated rings. The monoisotopic (exact) mass is 179 g/mol. The van der Waals surface area contributed by atoms with E-state index in [2.05, 4.69) is 20.6 Å². The van der Waals surface area contributed by atoms with Crippen LogP contribution in [-0.2, 0) is 0 Å². The molecule has 1 aliphatic carbocycles. The molecule has 13 heavy (non-hydrogen) atoms. The zero-order valence-electron chi connectivity index (χ0n) is 7.54. The fraction of sp³-hybridized carbons (Fsp3) is 0.500. The number of aromatic amines is 1. The molecule has 0 aromatic carbocycles. The van der Waals surface area contributed by atoms with Crippen LogP contribution in [0, 0.1) is 6.92 Å². The lowest BCUT2D eigenvalue weighted by atomic mass is 10.2. The molecule has 1 aromatic heterocycles. The summed E-state index contributed by atoms with van der Waals surface area (Å²) in [4.78, 5) is 4.42. The summed E-state index contributed by atoms with van der Waals surface area (Å²) < 4.78 is 0. The van der Waals surface area contributed by atoms with Gasteiger partial charge in [-0.05, 0) is 25.3 Å². The van der Waals surface area contributed by atoms with Crippen molar-refractivity contribution in [1.82, 2.24) is 15.6 Å². The van der Waals surface area contributed by atoms with Crippen LogP contribution in [0.5, 0.6) is 0 Å². The molecule has 2 rings (SSSR count). The summed E-state index contributed by atoms with van der Waals surface area (Å²) >= 11 is 0. The lowest BCUT2D eigenvalue weighted by Gasteiger charge is -2.03. The molecule has 70 valence electrons. The van der Waals surface area contributed by atoms with Gasteiger partial charge in [-0.2, -0.15) is 5.10 Å². The van der Waals surface area contributed by atoms with Gasteiger partial charge >= 0.3 is 0 Å². The summed E-state index contributed by atoms with van der Waals surface area (Å²) in [5.41, 5.74) is 4.53. The number of aromatic nitrogens is 2. The number of amidine groups is 1. The van der Waals surface area contributed by atoms with Gasteiger partial charge in [-0.15, -0.1) is 0 Å². The van der Waals surface area contributed by atoms with Crippen molar-refractivity contribution in [3.05, 3.63) is 17.5 Å². The second-order valence-corrected chi connectivity index (χ2v) is 3.28. The number of aliphatic imine (C=N–C) groups is 1. The van der Waals surface area contributed by atoms with E-state index >= 15 is 0 Å². The van der Waals surface area contributed by atoms with Crippen LogP contribution in [-0.4, -0.2) is 22.1 Å². The summed E-state index contributed by atoms with van der Waals surface area (Å²) in [6.45, 7) is 1.97. The number of nitrogens with zero attached hydrogens (tertiary/aromatic N) is 2. The Bertz CT molecular complexity index is 323. The number of rotatable bonds is 2. The van der Waals surface area contributed by atoms with Gasteiger partial charge in [-0.3, -0.25) is 10.1 Å². The van der Waals surface area contributed by atoms with Crippen LogP contribution in [0.4, 0.5) is 0 Å². The number of hydrogen-bond acceptors (Lipinski definition) is 3. The van der Waals surface area contributed by atoms with Crippen molar-refractivity contribution in [2.45, 2.75) is 25.8 Å². The maximum Gasteiger partial charge on any atom is 0.161 e. The van der Waals surface area contributed by atoms with Gasteiger partial charge in [0, 0.05) is 0 Å². The average molecular weight is 179 g/mol. The molecule has 4 N–H and O–H groups in total. The minimum absolute atomic E-state index is 0.453. The number of hydrazine groups is 1. The second kappa shape index (κ2) is 3.18. The average Bonchev–Trinajstić information content (AvgIpc) is 2.85. The number of nitrogens with one attached hydrogen (secondary N) is 2. The van der Waals surface area contributed by atoms with E-state index in [0.29, 0.717) is 11.9 Å². The van der Waals surface area contributed by atoms with E-state index in [-0.39, 0.29) is 0 Å². The molecule has 5 nitrogen and oxygen atoms in total. The van der Waals surface area contributed by atoms with Crippen LogP contribution in [0.15, 0.2) is 11.2 Å². The lowest BCUT2D eigenvalue weighted by molar-refractivity contribution is 0.952. The quantitative estimate of drug-likeness (QED) is 0.260. The Labute approximate surface area is 76.4 Å². The third kappa shape index (κ3) is 1.70. The first-order valence-corrected chi connectivity index (χ1v) is 4.36. The fourth-order valence-corrected chi connectivity index (χ4v) is 1.15. The maximum absolute atomic E-state index is 5.38. The first kappa shape index (κ1) is 8.25. The number of hydrogen-bond donors (Lipinski definition) is 3. The summed E-state index contributed by atoms with van der Waals surface area (Å²) in [7, 11) is 0. The van der Waals surface area contributed by atoms with Crippen molar-refractivity contribution in [2.75, 3.05) is 0 Å². The highest BCUT2D eigenvalue weighted by atomic mass is 15.3. The van der Waals surface area contributed by atoms with Crippen LogP contribution >= 0.6 is 0 Å². The normalized spacial score (nSPS) is 17.5. The van der Waals surface area contributed by atoms with Crippen LogP contribution in [0.1, 0.15) is 24.1 Å². The zero-order chi connectivity index (χ0) is 9.26. The van der Waals surface area contributed by atoms with Crippen LogP contribution < -0.4 is 11.3 Å². The number of nitrogens with two attached hydrogens (primary N) is 1. The highest BCUT2D eigenvalue weighted by Gasteiger charge is 2.22. The number of aryl methyl sites for hydroxylation is 1. The van der Waals surface area contributed by atoms with E-state index in [1.165, 1.54) is 12.8 Å². The summed E-state index contributed by atoms with van der Waals surface area (Å²) in [5.74, 6) is 6.09. The van der Waals surface area contributed by atoms with Gasteiger partial charge in [0.25, 0.3) is 0 Å². The summed E-state index contributed by atoms with van der Waals surface area (Å²) in [6, 6.07) is 0.453. The van der Waals surface area contributed by atoms with Crippen LogP contribution in [0.3, 0.4) is 0 Å². The molecular formula is C8H13N5. The van der Waals surface area contributed by atoms with Gasteiger partial charge in [0.2, 0.25) is 0 Å². The Morgan fingerprint density at radius 3 is 3.00 bits per heavy atom. The number of H-pyrrole nitrogens is 1. The molecule has 1 aliphatic rings. The molecule has 1 aromatic rings. The fourth-order valence-electron chi connectivity index (χ4n) is 1.15. The summed E-state index contributed by atoms with van der Waals surface area (Å²) in [5, 5.41) is 6.78. The molecule has 0 unspecified atom stereocenters. The molecule has 1 heterocycles. The van der Waals surface area contributed by atoms with Crippen molar-refractivity contribution < 1.29 is 0 Å². The molecule has 0 amide bonds. The van der Waals surface area contributed by atoms with E-state index in [0.717, 1.165) is 11.3 Å². The zero-order valence-corrected chi connectivity index (χ0v) is 7.54. The largest absolute Gasteiger partial charge is 0.307 e. The highest BCUT2D eigenvalue weighted by molar-refractivity contribution is 5.97. The minimum Gasteiger partial charge on any atom is -0.307 e. The van der Waals surface area contributed by atoms with E-state index in [4.69, 9.17) is 5.84 Å². The maximum atomic E-state index is 5.38. The molecule has 0 radical (unpaired) electrons. The minimum atomic E-state index is 0.453. The molecule has 0 atom stereocenters. The predicted molar refractivity (Wildman–Crippen MR) is 50.2 cm³/mol. The Balaban J connectivity index is 2.25. The van der Waals surface area contributed by atoms with Crippen LogP contribution in [0.2, 0.25) is 0 Å².